The van der Waals surface area contributed by atoms with Gasteiger partial charge in [0.1, 0.15) is 29.2 Å². The van der Waals surface area contributed by atoms with Gasteiger partial charge >= 0.3 is 5.97 Å². The Morgan fingerprint density at radius 1 is 0.920 bits per heavy atom. The Hall–Kier alpha value is -3.83. The van der Waals surface area contributed by atoms with Crippen molar-refractivity contribution in [3.63, 3.8) is 0 Å². The van der Waals surface area contributed by atoms with Crippen molar-refractivity contribution in [2.75, 3.05) is 7.11 Å². The minimum atomic E-state index is -0.506. The van der Waals surface area contributed by atoms with Crippen LogP contribution in [0.3, 0.4) is 0 Å². The smallest absolute Gasteiger partial charge is 0.336 e. The van der Waals surface area contributed by atoms with Gasteiger partial charge in [0.15, 0.2) is 0 Å². The summed E-state index contributed by atoms with van der Waals surface area (Å²) in [6.45, 7) is 0. The Morgan fingerprint density at radius 3 is 2.04 bits per heavy atom. The van der Waals surface area contributed by atoms with Gasteiger partial charge in [-0.1, -0.05) is 24.3 Å². The van der Waals surface area contributed by atoms with E-state index in [0.717, 1.165) is 11.3 Å². The molecule has 0 bridgehead atoms. The lowest BCUT2D eigenvalue weighted by Crippen LogP contribution is -2.03. The number of allylic oxidation sites excluding steroid dienone is 1. The Bertz CT molecular complexity index is 865. The summed E-state index contributed by atoms with van der Waals surface area (Å²) in [6.07, 6.45) is 4.43. The van der Waals surface area contributed by atoms with Crippen LogP contribution in [0.5, 0.6) is 11.5 Å². The fraction of sp³-hybridized carbons (Fsp3) is 0.0500. The number of methoxy groups -OCH3 is 1. The number of nitrogens with zero attached hydrogens (tertiary/aromatic N) is 2. The van der Waals surface area contributed by atoms with Crippen molar-refractivity contribution < 1.29 is 14.3 Å². The van der Waals surface area contributed by atoms with Crippen LogP contribution >= 0.6 is 0 Å². The zero-order valence-corrected chi connectivity index (χ0v) is 13.5. The van der Waals surface area contributed by atoms with Crippen LogP contribution in [0.4, 0.5) is 0 Å². The summed E-state index contributed by atoms with van der Waals surface area (Å²) >= 11 is 0. The maximum Gasteiger partial charge on any atom is 0.336 e. The Balaban J connectivity index is 1.98. The van der Waals surface area contributed by atoms with Gasteiger partial charge in [-0.05, 0) is 47.5 Å². The average molecular weight is 330 g/mol. The van der Waals surface area contributed by atoms with Crippen LogP contribution in [0.25, 0.3) is 12.2 Å². The van der Waals surface area contributed by atoms with E-state index in [-0.39, 0.29) is 5.57 Å². The third kappa shape index (κ3) is 5.38. The summed E-state index contributed by atoms with van der Waals surface area (Å²) in [5.74, 6) is 0.607. The van der Waals surface area contributed by atoms with E-state index in [2.05, 4.69) is 0 Å². The number of nitriles is 2. The molecule has 5 nitrogen and oxygen atoms in total. The standard InChI is InChI=1S/C20H14N2O3/c1-24-18-7-2-15(3-8-18)6-11-20(23)25-19-9-4-16(5-10-19)12-17(13-21)14-22/h2-12H,1H3/b11-6+. The molecule has 2 aromatic rings. The third-order valence-corrected chi connectivity index (χ3v) is 3.18. The molecule has 0 unspecified atom stereocenters. The van der Waals surface area contributed by atoms with Crippen molar-refractivity contribution in [2.24, 2.45) is 0 Å². The molecule has 0 saturated heterocycles. The molecule has 0 atom stereocenters. The van der Waals surface area contributed by atoms with Crippen molar-refractivity contribution in [3.05, 3.63) is 71.3 Å². The predicted octanol–water partition coefficient (Wildman–Crippen LogP) is 3.74. The van der Waals surface area contributed by atoms with Gasteiger partial charge in [0.05, 0.1) is 7.11 Å². The number of hydrogen-bond donors (Lipinski definition) is 0. The molecule has 0 N–H and O–H groups in total. The second kappa shape index (κ2) is 8.71. The van der Waals surface area contributed by atoms with Gasteiger partial charge < -0.3 is 9.47 Å². The summed E-state index contributed by atoms with van der Waals surface area (Å²) in [5, 5.41) is 17.4. The number of benzene rings is 2. The summed E-state index contributed by atoms with van der Waals surface area (Å²) < 4.78 is 10.3. The fourth-order valence-electron chi connectivity index (χ4n) is 1.92. The second-order valence-electron chi connectivity index (χ2n) is 4.88. The normalized spacial score (nSPS) is 9.72. The minimum Gasteiger partial charge on any atom is -0.497 e. The van der Waals surface area contributed by atoms with Gasteiger partial charge in [-0.3, -0.25) is 0 Å². The van der Waals surface area contributed by atoms with Crippen molar-refractivity contribution in [3.8, 4) is 23.6 Å². The van der Waals surface area contributed by atoms with E-state index >= 15 is 0 Å². The van der Waals surface area contributed by atoms with Gasteiger partial charge in [-0.15, -0.1) is 0 Å². The van der Waals surface area contributed by atoms with Crippen molar-refractivity contribution in [2.45, 2.75) is 0 Å². The molecule has 0 aliphatic carbocycles. The molecule has 0 aromatic heterocycles. The summed E-state index contributed by atoms with van der Waals surface area (Å²) in [7, 11) is 1.59. The van der Waals surface area contributed by atoms with Crippen LogP contribution in [0.15, 0.2) is 60.2 Å². The van der Waals surface area contributed by atoms with E-state index in [1.165, 1.54) is 12.2 Å². The van der Waals surface area contributed by atoms with Crippen molar-refractivity contribution in [1.29, 1.82) is 10.5 Å². The van der Waals surface area contributed by atoms with Crippen LogP contribution in [0.2, 0.25) is 0 Å². The minimum absolute atomic E-state index is 0.00664. The quantitative estimate of drug-likeness (QED) is 0.361. The molecular formula is C20H14N2O3. The third-order valence-electron chi connectivity index (χ3n) is 3.18. The van der Waals surface area contributed by atoms with Crippen LogP contribution < -0.4 is 9.47 Å². The molecule has 0 radical (unpaired) electrons. The molecular weight excluding hydrogens is 316 g/mol. The van der Waals surface area contributed by atoms with Crippen molar-refractivity contribution >= 4 is 18.1 Å². The highest BCUT2D eigenvalue weighted by molar-refractivity contribution is 5.88. The van der Waals surface area contributed by atoms with Crippen LogP contribution in [-0.2, 0) is 4.79 Å². The predicted molar refractivity (Wildman–Crippen MR) is 93.3 cm³/mol. The zero-order valence-electron chi connectivity index (χ0n) is 13.5. The van der Waals surface area contributed by atoms with E-state index < -0.39 is 5.97 Å². The van der Waals surface area contributed by atoms with Gasteiger partial charge in [0, 0.05) is 6.08 Å². The molecule has 2 rings (SSSR count). The summed E-state index contributed by atoms with van der Waals surface area (Å²) in [4.78, 5) is 11.8. The highest BCUT2D eigenvalue weighted by Gasteiger charge is 2.01. The van der Waals surface area contributed by atoms with Crippen LogP contribution in [0, 0.1) is 22.7 Å². The fourth-order valence-corrected chi connectivity index (χ4v) is 1.92. The van der Waals surface area contributed by atoms with Gasteiger partial charge in [-0.25, -0.2) is 4.79 Å². The maximum atomic E-state index is 11.8. The monoisotopic (exact) mass is 330 g/mol. The Kier molecular flexibility index (Phi) is 6.11. The zero-order chi connectivity index (χ0) is 18.1. The lowest BCUT2D eigenvalue weighted by atomic mass is 10.1. The maximum absolute atomic E-state index is 11.8. The number of esters is 1. The first-order chi connectivity index (χ1) is 12.1. The number of rotatable bonds is 5. The summed E-state index contributed by atoms with van der Waals surface area (Å²) in [6, 6.07) is 17.3. The first-order valence-electron chi connectivity index (χ1n) is 7.30. The molecule has 122 valence electrons. The average Bonchev–Trinajstić information content (AvgIpc) is 2.66. The molecule has 0 spiro atoms. The van der Waals surface area contributed by atoms with Crippen LogP contribution in [-0.4, -0.2) is 13.1 Å². The van der Waals surface area contributed by atoms with E-state index in [0.29, 0.717) is 11.3 Å². The first-order valence-corrected chi connectivity index (χ1v) is 7.30. The van der Waals surface area contributed by atoms with E-state index in [9.17, 15) is 4.79 Å². The van der Waals surface area contributed by atoms with E-state index in [1.54, 1.807) is 61.7 Å². The molecule has 0 aliphatic rings. The Morgan fingerprint density at radius 2 is 1.48 bits per heavy atom. The highest BCUT2D eigenvalue weighted by atomic mass is 16.5. The Labute approximate surface area is 145 Å². The number of hydrogen-bond acceptors (Lipinski definition) is 5. The lowest BCUT2D eigenvalue weighted by Gasteiger charge is -2.02. The highest BCUT2D eigenvalue weighted by Crippen LogP contribution is 2.16. The first kappa shape index (κ1) is 17.5. The number of carbonyl (C=O) groups excluding carboxylic acids is 1. The molecule has 25 heavy (non-hydrogen) atoms. The summed E-state index contributed by atoms with van der Waals surface area (Å²) in [5.41, 5.74) is 1.53. The number of ether oxygens (including phenoxy) is 2. The number of carbonyl (C=O) groups is 1. The molecule has 2 aromatic carbocycles. The lowest BCUT2D eigenvalue weighted by molar-refractivity contribution is -0.128. The van der Waals surface area contributed by atoms with Gasteiger partial charge in [0.25, 0.3) is 0 Å². The topological polar surface area (TPSA) is 83.1 Å². The van der Waals surface area contributed by atoms with Crippen molar-refractivity contribution in [1.82, 2.24) is 0 Å². The largest absolute Gasteiger partial charge is 0.497 e. The van der Waals surface area contributed by atoms with E-state index in [4.69, 9.17) is 20.0 Å². The van der Waals surface area contributed by atoms with Crippen LogP contribution in [0.1, 0.15) is 11.1 Å². The second-order valence-corrected chi connectivity index (χ2v) is 4.88. The molecule has 0 aliphatic heterocycles. The molecule has 0 heterocycles. The SMILES string of the molecule is COc1ccc(/C=C/C(=O)Oc2ccc(C=C(C#N)C#N)cc2)cc1. The molecule has 0 saturated carbocycles. The molecule has 0 fully saturated rings. The van der Waals surface area contributed by atoms with Gasteiger partial charge in [-0.2, -0.15) is 10.5 Å². The molecule has 5 heteroatoms. The van der Waals surface area contributed by atoms with Gasteiger partial charge in [0.2, 0.25) is 0 Å². The van der Waals surface area contributed by atoms with E-state index in [1.807, 2.05) is 12.1 Å². The molecule has 0 amide bonds.